The Bertz CT molecular complexity index is 711. The first-order chi connectivity index (χ1) is 12.8. The molecule has 142 valence electrons. The fraction of sp³-hybridized carbons (Fsp3) is 0.632. The van der Waals surface area contributed by atoms with Crippen LogP contribution in [0.1, 0.15) is 43.9 Å². The van der Waals surface area contributed by atoms with Crippen LogP contribution in [0.25, 0.3) is 10.2 Å². The smallest absolute Gasteiger partial charge is 0.221 e. The second kappa shape index (κ2) is 9.83. The number of nitrogens with one attached hydrogen (secondary N) is 2. The van der Waals surface area contributed by atoms with Crippen molar-refractivity contribution in [3.8, 4) is 0 Å². The van der Waals surface area contributed by atoms with Gasteiger partial charge in [-0.15, -0.1) is 11.3 Å². The first kappa shape index (κ1) is 19.0. The normalized spacial score (nSPS) is 14.8. The quantitative estimate of drug-likeness (QED) is 0.625. The van der Waals surface area contributed by atoms with E-state index >= 15 is 0 Å². The van der Waals surface area contributed by atoms with E-state index in [2.05, 4.69) is 38.5 Å². The zero-order chi connectivity index (χ0) is 18.2. The Morgan fingerprint density at radius 3 is 2.88 bits per heavy atom. The van der Waals surface area contributed by atoms with Crippen LogP contribution in [0.4, 0.5) is 5.82 Å². The lowest BCUT2D eigenvalue weighted by Gasteiger charge is -2.14. The molecule has 3 rings (SSSR count). The van der Waals surface area contributed by atoms with Crippen molar-refractivity contribution >= 4 is 33.3 Å². The second-order valence-electron chi connectivity index (χ2n) is 6.79. The molecule has 0 spiro atoms. The fourth-order valence-electron chi connectivity index (χ4n) is 3.30. The molecule has 1 aliphatic heterocycles. The average molecular weight is 376 g/mol. The summed E-state index contributed by atoms with van der Waals surface area (Å²) in [7, 11) is 0. The van der Waals surface area contributed by atoms with Crippen LogP contribution < -0.4 is 10.6 Å². The van der Waals surface area contributed by atoms with Gasteiger partial charge in [-0.05, 0) is 57.8 Å². The minimum absolute atomic E-state index is 0.100. The number of unbranched alkanes of at least 4 members (excludes halogenated alkanes) is 1. The minimum atomic E-state index is 0.100. The molecule has 1 saturated heterocycles. The molecule has 0 bridgehead atoms. The third kappa shape index (κ3) is 5.38. The molecule has 0 unspecified atom stereocenters. The topological polar surface area (TPSA) is 70.2 Å². The average Bonchev–Trinajstić information content (AvgIpc) is 3.31. The summed E-state index contributed by atoms with van der Waals surface area (Å²) in [4.78, 5) is 25.4. The number of hydrogen-bond donors (Lipinski definition) is 2. The van der Waals surface area contributed by atoms with Crippen molar-refractivity contribution in [3.63, 3.8) is 0 Å². The van der Waals surface area contributed by atoms with Crippen LogP contribution in [0.3, 0.4) is 0 Å². The van der Waals surface area contributed by atoms with Gasteiger partial charge in [-0.25, -0.2) is 9.97 Å². The summed E-state index contributed by atoms with van der Waals surface area (Å²) in [6.07, 6.45) is 7.94. The molecule has 6 nitrogen and oxygen atoms in total. The van der Waals surface area contributed by atoms with Gasteiger partial charge in [0.25, 0.3) is 0 Å². The number of nitrogens with zero attached hydrogens (tertiary/aromatic N) is 3. The molecule has 1 amide bonds. The Labute approximate surface area is 159 Å². The number of amides is 1. The van der Waals surface area contributed by atoms with Gasteiger partial charge in [-0.2, -0.15) is 0 Å². The third-order valence-corrected chi connectivity index (χ3v) is 5.98. The zero-order valence-electron chi connectivity index (χ0n) is 15.6. The second-order valence-corrected chi connectivity index (χ2v) is 7.91. The summed E-state index contributed by atoms with van der Waals surface area (Å²) in [6.45, 7) is 7.16. The number of fused-ring (bicyclic) bond motifs is 1. The molecular formula is C19H29N5OS. The van der Waals surface area contributed by atoms with Crippen molar-refractivity contribution < 1.29 is 4.79 Å². The van der Waals surface area contributed by atoms with Crippen LogP contribution >= 0.6 is 11.3 Å². The van der Waals surface area contributed by atoms with Crippen molar-refractivity contribution in [2.45, 2.75) is 45.4 Å². The molecule has 0 radical (unpaired) electrons. The number of carbonyl (C=O) groups is 1. The standard InChI is InChI=1S/C19H29N5OS/c1-2-15-13-16-18(22-14-23-19(16)26-15)21-9-7-17(25)20-8-3-4-10-24-11-5-6-12-24/h13-14H,2-12H2,1H3,(H,20,25)(H,21,22,23). The maximum atomic E-state index is 12.0. The zero-order valence-corrected chi connectivity index (χ0v) is 16.4. The van der Waals surface area contributed by atoms with Crippen LogP contribution in [-0.2, 0) is 11.2 Å². The molecule has 2 aromatic heterocycles. The van der Waals surface area contributed by atoms with E-state index in [9.17, 15) is 4.79 Å². The SMILES string of the molecule is CCc1cc2c(NCCC(=O)NCCCCN3CCCC3)ncnc2s1. The summed E-state index contributed by atoms with van der Waals surface area (Å²) in [5, 5.41) is 7.35. The summed E-state index contributed by atoms with van der Waals surface area (Å²) >= 11 is 1.70. The molecule has 0 aromatic carbocycles. The van der Waals surface area contributed by atoms with Crippen LogP contribution in [0.15, 0.2) is 12.4 Å². The van der Waals surface area contributed by atoms with E-state index in [1.807, 2.05) is 0 Å². The number of carbonyl (C=O) groups excluding carboxylic acids is 1. The molecular weight excluding hydrogens is 346 g/mol. The van der Waals surface area contributed by atoms with E-state index in [1.165, 1.54) is 37.4 Å². The number of likely N-dealkylation sites (tertiary alicyclic amines) is 1. The third-order valence-electron chi connectivity index (χ3n) is 4.80. The Morgan fingerprint density at radius 2 is 2.08 bits per heavy atom. The number of aryl methyl sites for hydroxylation is 1. The highest BCUT2D eigenvalue weighted by Gasteiger charge is 2.10. The minimum Gasteiger partial charge on any atom is -0.369 e. The van der Waals surface area contributed by atoms with Crippen molar-refractivity contribution in [2.24, 2.45) is 0 Å². The lowest BCUT2D eigenvalue weighted by molar-refractivity contribution is -0.120. The first-order valence-electron chi connectivity index (χ1n) is 9.72. The van der Waals surface area contributed by atoms with Gasteiger partial charge < -0.3 is 15.5 Å². The Hall–Kier alpha value is -1.73. The molecule has 0 atom stereocenters. The molecule has 26 heavy (non-hydrogen) atoms. The molecule has 2 aromatic rings. The maximum Gasteiger partial charge on any atom is 0.221 e. The van der Waals surface area contributed by atoms with Crippen molar-refractivity contribution in [1.29, 1.82) is 0 Å². The van der Waals surface area contributed by atoms with E-state index < -0.39 is 0 Å². The van der Waals surface area contributed by atoms with Gasteiger partial charge in [0.15, 0.2) is 0 Å². The number of thiophene rings is 1. The van der Waals surface area contributed by atoms with Gasteiger partial charge in [0.2, 0.25) is 5.91 Å². The predicted molar refractivity (Wildman–Crippen MR) is 108 cm³/mol. The van der Waals surface area contributed by atoms with Gasteiger partial charge in [0.1, 0.15) is 17.0 Å². The molecule has 3 heterocycles. The highest BCUT2D eigenvalue weighted by Crippen LogP contribution is 2.28. The number of rotatable bonds is 10. The first-order valence-corrected chi connectivity index (χ1v) is 10.5. The Kier molecular flexibility index (Phi) is 7.20. The number of hydrogen-bond acceptors (Lipinski definition) is 6. The van der Waals surface area contributed by atoms with Gasteiger partial charge in [0, 0.05) is 24.4 Å². The van der Waals surface area contributed by atoms with Crippen molar-refractivity contribution in [3.05, 3.63) is 17.3 Å². The monoisotopic (exact) mass is 375 g/mol. The predicted octanol–water partition coefficient (Wildman–Crippen LogP) is 3.05. The molecule has 1 aliphatic rings. The largest absolute Gasteiger partial charge is 0.369 e. The summed E-state index contributed by atoms with van der Waals surface area (Å²) in [6, 6.07) is 2.14. The Morgan fingerprint density at radius 1 is 1.23 bits per heavy atom. The lowest BCUT2D eigenvalue weighted by Crippen LogP contribution is -2.27. The van der Waals surface area contributed by atoms with Crippen LogP contribution in [0.5, 0.6) is 0 Å². The molecule has 2 N–H and O–H groups in total. The van der Waals surface area contributed by atoms with Crippen LogP contribution in [-0.4, -0.2) is 53.5 Å². The highest BCUT2D eigenvalue weighted by atomic mass is 32.1. The van der Waals surface area contributed by atoms with Gasteiger partial charge in [-0.3, -0.25) is 4.79 Å². The number of aromatic nitrogens is 2. The van der Waals surface area contributed by atoms with E-state index in [0.29, 0.717) is 13.0 Å². The summed E-state index contributed by atoms with van der Waals surface area (Å²) in [5.41, 5.74) is 0. The molecule has 7 heteroatoms. The summed E-state index contributed by atoms with van der Waals surface area (Å²) in [5.74, 6) is 0.924. The van der Waals surface area contributed by atoms with Gasteiger partial charge >= 0.3 is 0 Å². The lowest BCUT2D eigenvalue weighted by atomic mass is 10.3. The van der Waals surface area contributed by atoms with Gasteiger partial charge in [0.05, 0.1) is 5.39 Å². The van der Waals surface area contributed by atoms with E-state index in [1.54, 1.807) is 17.7 Å². The Balaban J connectivity index is 1.33. The number of anilines is 1. The van der Waals surface area contributed by atoms with E-state index in [4.69, 9.17) is 0 Å². The molecule has 0 saturated carbocycles. The highest BCUT2D eigenvalue weighted by molar-refractivity contribution is 7.18. The fourth-order valence-corrected chi connectivity index (χ4v) is 4.23. The molecule has 0 aliphatic carbocycles. The van der Waals surface area contributed by atoms with Crippen molar-refractivity contribution in [2.75, 3.05) is 38.0 Å². The van der Waals surface area contributed by atoms with E-state index in [-0.39, 0.29) is 5.91 Å². The van der Waals surface area contributed by atoms with Crippen LogP contribution in [0, 0.1) is 0 Å². The van der Waals surface area contributed by atoms with Crippen LogP contribution in [0.2, 0.25) is 0 Å². The van der Waals surface area contributed by atoms with E-state index in [0.717, 1.165) is 41.8 Å². The summed E-state index contributed by atoms with van der Waals surface area (Å²) < 4.78 is 0. The van der Waals surface area contributed by atoms with Crippen molar-refractivity contribution in [1.82, 2.24) is 20.2 Å². The maximum absolute atomic E-state index is 12.0. The van der Waals surface area contributed by atoms with Gasteiger partial charge in [-0.1, -0.05) is 6.92 Å². The molecule has 1 fully saturated rings.